The van der Waals surface area contributed by atoms with Crippen LogP contribution in [-0.4, -0.2) is 44.9 Å². The molecule has 138 valence electrons. The summed E-state index contributed by atoms with van der Waals surface area (Å²) >= 11 is 2.17. The second-order valence-electron chi connectivity index (χ2n) is 5.96. The molecule has 1 heterocycles. The molecule has 0 radical (unpaired) electrons. The first kappa shape index (κ1) is 19.3. The third kappa shape index (κ3) is 4.25. The summed E-state index contributed by atoms with van der Waals surface area (Å²) in [5.74, 6) is -0.278. The molecule has 1 fully saturated rings. The number of amides is 1. The first-order valence-electron chi connectivity index (χ1n) is 8.13. The van der Waals surface area contributed by atoms with Crippen LogP contribution in [0.3, 0.4) is 0 Å². The number of anilines is 1. The van der Waals surface area contributed by atoms with Crippen LogP contribution < -0.4 is 5.32 Å². The van der Waals surface area contributed by atoms with Gasteiger partial charge in [-0.3, -0.25) is 4.79 Å². The number of benzene rings is 2. The van der Waals surface area contributed by atoms with Gasteiger partial charge in [-0.1, -0.05) is 6.07 Å². The van der Waals surface area contributed by atoms with Gasteiger partial charge in [-0.2, -0.15) is 4.31 Å². The summed E-state index contributed by atoms with van der Waals surface area (Å²) in [6.45, 7) is 3.20. The summed E-state index contributed by atoms with van der Waals surface area (Å²) in [7, 11) is -3.62. The van der Waals surface area contributed by atoms with E-state index in [9.17, 15) is 13.2 Å². The third-order valence-corrected chi connectivity index (χ3v) is 6.90. The van der Waals surface area contributed by atoms with E-state index in [2.05, 4.69) is 27.9 Å². The topological polar surface area (TPSA) is 75.7 Å². The van der Waals surface area contributed by atoms with Crippen molar-refractivity contribution < 1.29 is 17.9 Å². The minimum atomic E-state index is -3.62. The normalized spacial score (nSPS) is 15.6. The van der Waals surface area contributed by atoms with Crippen molar-refractivity contribution in [2.75, 3.05) is 31.6 Å². The van der Waals surface area contributed by atoms with Crippen LogP contribution in [0, 0.1) is 10.5 Å². The second kappa shape index (κ2) is 8.03. The van der Waals surface area contributed by atoms with Crippen LogP contribution in [-0.2, 0) is 14.8 Å². The Labute approximate surface area is 166 Å². The lowest BCUT2D eigenvalue weighted by Crippen LogP contribution is -2.40. The maximum Gasteiger partial charge on any atom is 0.255 e. The van der Waals surface area contributed by atoms with Crippen molar-refractivity contribution >= 4 is 44.2 Å². The Bertz CT molecular complexity index is 907. The van der Waals surface area contributed by atoms with Crippen molar-refractivity contribution in [1.82, 2.24) is 4.31 Å². The minimum absolute atomic E-state index is 0.208. The number of rotatable bonds is 4. The number of ether oxygens (including phenoxy) is 1. The number of nitrogens with one attached hydrogen (secondary N) is 1. The zero-order chi connectivity index (χ0) is 18.7. The van der Waals surface area contributed by atoms with Crippen molar-refractivity contribution in [1.29, 1.82) is 0 Å². The van der Waals surface area contributed by atoms with E-state index in [1.165, 1.54) is 10.4 Å². The largest absolute Gasteiger partial charge is 0.379 e. The van der Waals surface area contributed by atoms with Crippen molar-refractivity contribution in [2.24, 2.45) is 0 Å². The summed E-state index contributed by atoms with van der Waals surface area (Å²) in [5, 5.41) is 2.77. The molecule has 2 aromatic rings. The molecule has 0 spiro atoms. The second-order valence-corrected chi connectivity index (χ2v) is 9.11. The van der Waals surface area contributed by atoms with Gasteiger partial charge in [0.05, 0.1) is 18.1 Å². The number of hydrogen-bond acceptors (Lipinski definition) is 4. The predicted molar refractivity (Wildman–Crippen MR) is 108 cm³/mol. The van der Waals surface area contributed by atoms with E-state index < -0.39 is 10.0 Å². The molecule has 0 aromatic heterocycles. The lowest BCUT2D eigenvalue weighted by molar-refractivity contribution is 0.0730. The predicted octanol–water partition coefficient (Wildman–Crippen LogP) is 2.87. The number of sulfonamides is 1. The molecule has 0 bridgehead atoms. The van der Waals surface area contributed by atoms with Gasteiger partial charge in [0.2, 0.25) is 10.0 Å². The van der Waals surface area contributed by atoms with E-state index in [4.69, 9.17) is 4.74 Å². The molecule has 2 aromatic carbocycles. The Hall–Kier alpha value is -1.49. The molecule has 1 aliphatic heterocycles. The smallest absolute Gasteiger partial charge is 0.255 e. The quantitative estimate of drug-likeness (QED) is 0.675. The number of nitrogens with zero attached hydrogens (tertiary/aromatic N) is 1. The standard InChI is InChI=1S/C18H19IN2O4S/c1-13-2-7-16(20-18(22)14-3-5-15(19)6-4-14)12-17(13)26(23,24)21-8-10-25-11-9-21/h2-7,12H,8-11H2,1H3,(H,20,22). The summed E-state index contributed by atoms with van der Waals surface area (Å²) < 4.78 is 33.5. The molecule has 1 aliphatic rings. The summed E-state index contributed by atoms with van der Waals surface area (Å²) in [6.07, 6.45) is 0. The Morgan fingerprint density at radius 2 is 1.77 bits per heavy atom. The fourth-order valence-electron chi connectivity index (χ4n) is 2.69. The number of carbonyl (C=O) groups excluding carboxylic acids is 1. The van der Waals surface area contributed by atoms with Gasteiger partial charge in [-0.15, -0.1) is 0 Å². The lowest BCUT2D eigenvalue weighted by atomic mass is 10.2. The molecule has 26 heavy (non-hydrogen) atoms. The Morgan fingerprint density at radius 1 is 1.12 bits per heavy atom. The third-order valence-electron chi connectivity index (χ3n) is 4.14. The molecule has 3 rings (SSSR count). The van der Waals surface area contributed by atoms with Gasteiger partial charge in [0, 0.05) is 27.9 Å². The van der Waals surface area contributed by atoms with E-state index in [0.29, 0.717) is 43.1 Å². The van der Waals surface area contributed by atoms with Crippen molar-refractivity contribution in [2.45, 2.75) is 11.8 Å². The fraction of sp³-hybridized carbons (Fsp3) is 0.278. The zero-order valence-electron chi connectivity index (χ0n) is 14.2. The molecule has 8 heteroatoms. The van der Waals surface area contributed by atoms with Gasteiger partial charge < -0.3 is 10.1 Å². The molecule has 0 atom stereocenters. The Balaban J connectivity index is 1.85. The van der Waals surface area contributed by atoms with Crippen LogP contribution >= 0.6 is 22.6 Å². The Morgan fingerprint density at radius 3 is 2.42 bits per heavy atom. The fourth-order valence-corrected chi connectivity index (χ4v) is 4.70. The average molecular weight is 486 g/mol. The van der Waals surface area contributed by atoms with Crippen LogP contribution in [0.5, 0.6) is 0 Å². The van der Waals surface area contributed by atoms with Crippen LogP contribution in [0.1, 0.15) is 15.9 Å². The lowest BCUT2D eigenvalue weighted by Gasteiger charge is -2.26. The zero-order valence-corrected chi connectivity index (χ0v) is 17.2. The number of halogens is 1. The highest BCUT2D eigenvalue weighted by molar-refractivity contribution is 14.1. The van der Waals surface area contributed by atoms with Crippen LogP contribution in [0.25, 0.3) is 0 Å². The van der Waals surface area contributed by atoms with Gasteiger partial charge in [-0.05, 0) is 71.5 Å². The molecular formula is C18H19IN2O4S. The SMILES string of the molecule is Cc1ccc(NC(=O)c2ccc(I)cc2)cc1S(=O)(=O)N1CCOCC1. The Kier molecular flexibility index (Phi) is 5.96. The maximum absolute atomic E-state index is 12.9. The highest BCUT2D eigenvalue weighted by Gasteiger charge is 2.28. The molecule has 6 nitrogen and oxygen atoms in total. The van der Waals surface area contributed by atoms with Crippen LogP contribution in [0.4, 0.5) is 5.69 Å². The minimum Gasteiger partial charge on any atom is -0.379 e. The maximum atomic E-state index is 12.9. The molecular weight excluding hydrogens is 467 g/mol. The van der Waals surface area contributed by atoms with E-state index in [1.54, 1.807) is 31.2 Å². The van der Waals surface area contributed by atoms with Gasteiger partial charge in [-0.25, -0.2) is 8.42 Å². The van der Waals surface area contributed by atoms with Crippen LogP contribution in [0.2, 0.25) is 0 Å². The van der Waals surface area contributed by atoms with Gasteiger partial charge in [0.1, 0.15) is 0 Å². The van der Waals surface area contributed by atoms with Crippen molar-refractivity contribution in [3.63, 3.8) is 0 Å². The molecule has 0 aliphatic carbocycles. The monoisotopic (exact) mass is 486 g/mol. The van der Waals surface area contributed by atoms with Crippen molar-refractivity contribution in [3.05, 3.63) is 57.2 Å². The van der Waals surface area contributed by atoms with E-state index in [-0.39, 0.29) is 10.8 Å². The number of carbonyl (C=O) groups is 1. The highest BCUT2D eigenvalue weighted by atomic mass is 127. The number of aryl methyl sites for hydroxylation is 1. The number of hydrogen-bond donors (Lipinski definition) is 1. The van der Waals surface area contributed by atoms with E-state index in [0.717, 1.165) is 3.57 Å². The average Bonchev–Trinajstić information content (AvgIpc) is 2.64. The van der Waals surface area contributed by atoms with Gasteiger partial charge >= 0.3 is 0 Å². The van der Waals surface area contributed by atoms with Crippen molar-refractivity contribution in [3.8, 4) is 0 Å². The summed E-state index contributed by atoms with van der Waals surface area (Å²) in [4.78, 5) is 12.6. The first-order valence-corrected chi connectivity index (χ1v) is 10.7. The number of morpholine rings is 1. The summed E-state index contributed by atoms with van der Waals surface area (Å²) in [5.41, 5.74) is 1.61. The van der Waals surface area contributed by atoms with E-state index in [1.807, 2.05) is 12.1 Å². The molecule has 1 amide bonds. The highest BCUT2D eigenvalue weighted by Crippen LogP contribution is 2.24. The molecule has 1 N–H and O–H groups in total. The molecule has 1 saturated heterocycles. The van der Waals surface area contributed by atoms with E-state index >= 15 is 0 Å². The van der Waals surface area contributed by atoms with Gasteiger partial charge in [0.15, 0.2) is 0 Å². The first-order chi connectivity index (χ1) is 12.4. The molecule has 0 saturated carbocycles. The van der Waals surface area contributed by atoms with Gasteiger partial charge in [0.25, 0.3) is 5.91 Å². The summed E-state index contributed by atoms with van der Waals surface area (Å²) in [6, 6.07) is 12.1. The molecule has 0 unspecified atom stereocenters. The van der Waals surface area contributed by atoms with Crippen LogP contribution in [0.15, 0.2) is 47.4 Å².